The minimum absolute atomic E-state index is 0.0147. The maximum atomic E-state index is 12.5. The predicted octanol–water partition coefficient (Wildman–Crippen LogP) is 4.23. The molecule has 0 saturated heterocycles. The van der Waals surface area contributed by atoms with Gasteiger partial charge < -0.3 is 9.73 Å². The minimum Gasteiger partial charge on any atom is -0.468 e. The smallest absolute Gasteiger partial charge is 0.417 e. The Bertz CT molecular complexity index is 575. The lowest BCUT2D eigenvalue weighted by Crippen LogP contribution is -2.16. The third-order valence-corrected chi connectivity index (χ3v) is 3.94. The Morgan fingerprint density at radius 1 is 1.38 bits per heavy atom. The summed E-state index contributed by atoms with van der Waals surface area (Å²) < 4.78 is 42.5. The van der Waals surface area contributed by atoms with Crippen molar-refractivity contribution in [3.63, 3.8) is 0 Å². The monoisotopic (exact) mass is 336 g/mol. The molecule has 0 aliphatic heterocycles. The summed E-state index contributed by atoms with van der Waals surface area (Å²) in [5.74, 6) is 1.46. The first kappa shape index (κ1) is 16.2. The van der Waals surface area contributed by atoms with Crippen LogP contribution in [-0.4, -0.2) is 17.3 Å². The van der Waals surface area contributed by atoms with Crippen molar-refractivity contribution in [2.24, 2.45) is 0 Å². The number of halogens is 4. The Hall–Kier alpha value is -1.18. The molecule has 0 atom stereocenters. The molecular formula is C13H12ClF3N2OS. The molecular weight excluding hydrogens is 325 g/mol. The first-order valence-corrected chi connectivity index (χ1v) is 7.42. The molecule has 0 bridgehead atoms. The molecule has 0 unspecified atom stereocenters. The number of nitrogens with zero attached hydrogens (tertiary/aromatic N) is 1. The molecule has 3 nitrogen and oxygen atoms in total. The molecule has 0 fully saturated rings. The van der Waals surface area contributed by atoms with Crippen molar-refractivity contribution in [3.05, 3.63) is 47.0 Å². The van der Waals surface area contributed by atoms with Gasteiger partial charge in [-0.25, -0.2) is 4.98 Å². The van der Waals surface area contributed by atoms with Crippen molar-refractivity contribution in [1.82, 2.24) is 10.3 Å². The van der Waals surface area contributed by atoms with Gasteiger partial charge in [0.25, 0.3) is 0 Å². The first-order valence-electron chi connectivity index (χ1n) is 6.05. The summed E-state index contributed by atoms with van der Waals surface area (Å²) in [6.07, 6.45) is -2.04. The van der Waals surface area contributed by atoms with Crippen LogP contribution in [0.5, 0.6) is 0 Å². The SMILES string of the molecule is FC(F)(F)c1cnc(SCCNCc2ccco2)c(Cl)c1. The van der Waals surface area contributed by atoms with Gasteiger partial charge in [0.15, 0.2) is 0 Å². The van der Waals surface area contributed by atoms with E-state index in [1.807, 2.05) is 6.07 Å². The molecule has 2 rings (SSSR count). The lowest BCUT2D eigenvalue weighted by Gasteiger charge is -2.09. The van der Waals surface area contributed by atoms with Gasteiger partial charge in [0.2, 0.25) is 0 Å². The second kappa shape index (κ2) is 7.20. The molecule has 2 aromatic heterocycles. The zero-order chi connectivity index (χ0) is 15.3. The Labute approximate surface area is 128 Å². The highest BCUT2D eigenvalue weighted by molar-refractivity contribution is 7.99. The van der Waals surface area contributed by atoms with Gasteiger partial charge in [0.05, 0.1) is 23.4 Å². The number of furan rings is 1. The van der Waals surface area contributed by atoms with E-state index in [-0.39, 0.29) is 5.02 Å². The van der Waals surface area contributed by atoms with Crippen LogP contribution < -0.4 is 5.32 Å². The Kier molecular flexibility index (Phi) is 5.55. The Morgan fingerprint density at radius 2 is 2.19 bits per heavy atom. The number of rotatable bonds is 6. The second-order valence-corrected chi connectivity index (χ2v) is 5.60. The molecule has 1 N–H and O–H groups in total. The van der Waals surface area contributed by atoms with E-state index in [4.69, 9.17) is 16.0 Å². The van der Waals surface area contributed by atoms with E-state index in [0.717, 1.165) is 18.0 Å². The molecule has 0 amide bonds. The number of pyridine rings is 1. The van der Waals surface area contributed by atoms with Crippen LogP contribution >= 0.6 is 23.4 Å². The summed E-state index contributed by atoms with van der Waals surface area (Å²) >= 11 is 7.11. The number of hydrogen-bond donors (Lipinski definition) is 1. The molecule has 21 heavy (non-hydrogen) atoms. The van der Waals surface area contributed by atoms with Crippen LogP contribution in [0.4, 0.5) is 13.2 Å². The lowest BCUT2D eigenvalue weighted by atomic mass is 10.3. The van der Waals surface area contributed by atoms with Crippen LogP contribution in [0.2, 0.25) is 5.02 Å². The van der Waals surface area contributed by atoms with Gasteiger partial charge in [-0.3, -0.25) is 0 Å². The van der Waals surface area contributed by atoms with E-state index in [2.05, 4.69) is 10.3 Å². The van der Waals surface area contributed by atoms with E-state index < -0.39 is 11.7 Å². The fraction of sp³-hybridized carbons (Fsp3) is 0.308. The van der Waals surface area contributed by atoms with Crippen LogP contribution in [0.25, 0.3) is 0 Å². The van der Waals surface area contributed by atoms with Gasteiger partial charge in [0.1, 0.15) is 10.8 Å². The van der Waals surface area contributed by atoms with Gasteiger partial charge in [-0.05, 0) is 18.2 Å². The van der Waals surface area contributed by atoms with Gasteiger partial charge in [-0.15, -0.1) is 11.8 Å². The van der Waals surface area contributed by atoms with E-state index in [0.29, 0.717) is 23.9 Å². The summed E-state index contributed by atoms with van der Waals surface area (Å²) in [5.41, 5.74) is -0.840. The number of hydrogen-bond acceptors (Lipinski definition) is 4. The average molecular weight is 337 g/mol. The fourth-order valence-corrected chi connectivity index (χ4v) is 2.63. The highest BCUT2D eigenvalue weighted by Crippen LogP contribution is 2.33. The Morgan fingerprint density at radius 3 is 2.81 bits per heavy atom. The molecule has 0 aliphatic rings. The standard InChI is InChI=1S/C13H12ClF3N2OS/c14-11-6-9(13(15,16)17)7-19-12(11)21-5-3-18-8-10-2-1-4-20-10/h1-2,4,6-7,18H,3,5,8H2. The number of nitrogens with one attached hydrogen (secondary N) is 1. The fourth-order valence-electron chi connectivity index (χ4n) is 1.53. The van der Waals surface area contributed by atoms with Crippen molar-refractivity contribution in [2.45, 2.75) is 17.7 Å². The van der Waals surface area contributed by atoms with Crippen molar-refractivity contribution < 1.29 is 17.6 Å². The number of aromatic nitrogens is 1. The van der Waals surface area contributed by atoms with Crippen molar-refractivity contribution in [1.29, 1.82) is 0 Å². The van der Waals surface area contributed by atoms with Crippen LogP contribution in [0.1, 0.15) is 11.3 Å². The van der Waals surface area contributed by atoms with Crippen molar-refractivity contribution in [3.8, 4) is 0 Å². The quantitative estimate of drug-likeness (QED) is 0.633. The molecule has 2 heterocycles. The molecule has 0 radical (unpaired) electrons. The third kappa shape index (κ3) is 4.94. The molecule has 114 valence electrons. The van der Waals surface area contributed by atoms with E-state index >= 15 is 0 Å². The van der Waals surface area contributed by atoms with E-state index in [1.165, 1.54) is 11.8 Å². The second-order valence-electron chi connectivity index (χ2n) is 4.11. The summed E-state index contributed by atoms with van der Waals surface area (Å²) in [6.45, 7) is 1.26. The summed E-state index contributed by atoms with van der Waals surface area (Å²) in [4.78, 5) is 3.76. The number of alkyl halides is 3. The summed E-state index contributed by atoms with van der Waals surface area (Å²) in [5, 5.41) is 3.56. The van der Waals surface area contributed by atoms with Crippen LogP contribution in [-0.2, 0) is 12.7 Å². The summed E-state index contributed by atoms with van der Waals surface area (Å²) in [7, 11) is 0. The summed E-state index contributed by atoms with van der Waals surface area (Å²) in [6, 6.07) is 4.55. The van der Waals surface area contributed by atoms with Crippen molar-refractivity contribution in [2.75, 3.05) is 12.3 Å². The molecule has 0 aliphatic carbocycles. The molecule has 2 aromatic rings. The first-order chi connectivity index (χ1) is 9.97. The zero-order valence-corrected chi connectivity index (χ0v) is 12.4. The van der Waals surface area contributed by atoms with Gasteiger partial charge in [-0.2, -0.15) is 13.2 Å². The van der Waals surface area contributed by atoms with Gasteiger partial charge in [0, 0.05) is 18.5 Å². The zero-order valence-electron chi connectivity index (χ0n) is 10.8. The predicted molar refractivity (Wildman–Crippen MR) is 75.4 cm³/mol. The molecule has 0 saturated carbocycles. The highest BCUT2D eigenvalue weighted by Gasteiger charge is 2.31. The number of thioether (sulfide) groups is 1. The average Bonchev–Trinajstić information content (AvgIpc) is 2.92. The maximum absolute atomic E-state index is 12.5. The van der Waals surface area contributed by atoms with Gasteiger partial charge in [-0.1, -0.05) is 11.6 Å². The van der Waals surface area contributed by atoms with Crippen LogP contribution in [0.15, 0.2) is 40.1 Å². The highest BCUT2D eigenvalue weighted by atomic mass is 35.5. The topological polar surface area (TPSA) is 38.1 Å². The lowest BCUT2D eigenvalue weighted by molar-refractivity contribution is -0.137. The van der Waals surface area contributed by atoms with E-state index in [1.54, 1.807) is 12.3 Å². The van der Waals surface area contributed by atoms with Crippen LogP contribution in [0, 0.1) is 0 Å². The molecule has 0 spiro atoms. The van der Waals surface area contributed by atoms with Crippen LogP contribution in [0.3, 0.4) is 0 Å². The molecule has 8 heteroatoms. The van der Waals surface area contributed by atoms with E-state index in [9.17, 15) is 13.2 Å². The largest absolute Gasteiger partial charge is 0.468 e. The van der Waals surface area contributed by atoms with Crippen molar-refractivity contribution >= 4 is 23.4 Å². The van der Waals surface area contributed by atoms with Gasteiger partial charge >= 0.3 is 6.18 Å². The third-order valence-electron chi connectivity index (χ3n) is 2.53. The minimum atomic E-state index is -4.43. The Balaban J connectivity index is 1.78. The normalized spacial score (nSPS) is 11.8. The molecule has 0 aromatic carbocycles. The maximum Gasteiger partial charge on any atom is 0.417 e.